The molecule has 0 unspecified atom stereocenters. The van der Waals surface area contributed by atoms with Gasteiger partial charge in [-0.15, -0.1) is 0 Å². The van der Waals surface area contributed by atoms with Crippen molar-refractivity contribution in [1.29, 1.82) is 0 Å². The fourth-order valence-electron chi connectivity index (χ4n) is 3.67. The van der Waals surface area contributed by atoms with Crippen LogP contribution in [0.2, 0.25) is 0 Å². The maximum atomic E-state index is 12.1. The van der Waals surface area contributed by atoms with Gasteiger partial charge in [-0.05, 0) is 49.7 Å². The zero-order valence-electron chi connectivity index (χ0n) is 12.9. The van der Waals surface area contributed by atoms with Crippen LogP contribution in [-0.4, -0.2) is 17.9 Å². The van der Waals surface area contributed by atoms with Crippen LogP contribution in [0.4, 0.5) is 0 Å². The van der Waals surface area contributed by atoms with Gasteiger partial charge in [0.05, 0.1) is 0 Å². The first-order valence-electron chi connectivity index (χ1n) is 7.39. The van der Waals surface area contributed by atoms with Crippen LogP contribution in [0.5, 0.6) is 0 Å². The van der Waals surface area contributed by atoms with Crippen LogP contribution in [0, 0.1) is 17.8 Å². The van der Waals surface area contributed by atoms with Gasteiger partial charge >= 0.3 is 5.97 Å². The number of carbonyl (C=O) groups excluding carboxylic acids is 2. The van der Waals surface area contributed by atoms with Crippen LogP contribution in [-0.2, 0) is 14.3 Å². The van der Waals surface area contributed by atoms with E-state index < -0.39 is 0 Å². The zero-order chi connectivity index (χ0) is 15.0. The lowest BCUT2D eigenvalue weighted by Gasteiger charge is -2.28. The van der Waals surface area contributed by atoms with Gasteiger partial charge in [-0.1, -0.05) is 19.1 Å². The quantitative estimate of drug-likeness (QED) is 0.573. The van der Waals surface area contributed by atoms with E-state index in [1.54, 1.807) is 0 Å². The lowest BCUT2D eigenvalue weighted by atomic mass is 9.84. The van der Waals surface area contributed by atoms with Crippen LogP contribution in [0.1, 0.15) is 47.0 Å². The smallest absolute Gasteiger partial charge is 0.303 e. The lowest BCUT2D eigenvalue weighted by molar-refractivity contribution is -0.146. The van der Waals surface area contributed by atoms with Crippen molar-refractivity contribution < 1.29 is 14.3 Å². The molecule has 2 rings (SSSR count). The van der Waals surface area contributed by atoms with Crippen LogP contribution >= 0.6 is 0 Å². The van der Waals surface area contributed by atoms with Gasteiger partial charge in [0.1, 0.15) is 6.10 Å². The van der Waals surface area contributed by atoms with Gasteiger partial charge in [0.15, 0.2) is 5.78 Å². The molecule has 3 heteroatoms. The molecular weight excluding hydrogens is 252 g/mol. The van der Waals surface area contributed by atoms with Crippen molar-refractivity contribution in [2.45, 2.75) is 53.1 Å². The standard InChI is InChI=1S/C17H24O3/c1-9(2)13-7-6-10(3)14-8-15(19)11(4)16(14)17(13)20-12(5)18/h10,13-14,17H,1,6-8H2,2-5H3/t10-,13-,14+,17+/m0/s1. The summed E-state index contributed by atoms with van der Waals surface area (Å²) in [6, 6.07) is 0. The van der Waals surface area contributed by atoms with Crippen molar-refractivity contribution in [3.8, 4) is 0 Å². The average molecular weight is 276 g/mol. The number of hydrogen-bond donors (Lipinski definition) is 0. The molecule has 0 radical (unpaired) electrons. The number of fused-ring (bicyclic) bond motifs is 1. The largest absolute Gasteiger partial charge is 0.457 e. The number of Topliss-reactive ketones (excluding diaryl/α,β-unsaturated/α-hetero) is 1. The molecule has 0 N–H and O–H groups in total. The van der Waals surface area contributed by atoms with Crippen LogP contribution < -0.4 is 0 Å². The van der Waals surface area contributed by atoms with E-state index in [0.29, 0.717) is 12.3 Å². The molecule has 0 aromatic rings. The highest BCUT2D eigenvalue weighted by molar-refractivity contribution is 5.99. The fourth-order valence-corrected chi connectivity index (χ4v) is 3.67. The molecule has 3 nitrogen and oxygen atoms in total. The molecule has 2 aliphatic rings. The van der Waals surface area contributed by atoms with Crippen LogP contribution in [0.15, 0.2) is 23.3 Å². The minimum Gasteiger partial charge on any atom is -0.457 e. The molecule has 2 aliphatic carbocycles. The molecule has 1 fully saturated rings. The predicted octanol–water partition coefficient (Wildman–Crippen LogP) is 3.45. The van der Waals surface area contributed by atoms with Gasteiger partial charge in [-0.2, -0.15) is 0 Å². The summed E-state index contributed by atoms with van der Waals surface area (Å²) in [6.07, 6.45) is 2.29. The van der Waals surface area contributed by atoms with Crippen molar-refractivity contribution in [1.82, 2.24) is 0 Å². The SMILES string of the molecule is C=C(C)[C@@H]1CC[C@H](C)[C@H]2CC(=O)C(C)=C2[C@@H]1OC(C)=O. The topological polar surface area (TPSA) is 43.4 Å². The molecule has 1 saturated carbocycles. The monoisotopic (exact) mass is 276 g/mol. The van der Waals surface area contributed by atoms with Crippen molar-refractivity contribution in [2.75, 3.05) is 0 Å². The highest BCUT2D eigenvalue weighted by atomic mass is 16.5. The van der Waals surface area contributed by atoms with Gasteiger partial charge in [0.2, 0.25) is 0 Å². The Balaban J connectivity index is 2.49. The minimum atomic E-state index is -0.300. The van der Waals surface area contributed by atoms with Crippen molar-refractivity contribution in [3.63, 3.8) is 0 Å². The van der Waals surface area contributed by atoms with E-state index in [4.69, 9.17) is 4.74 Å². The summed E-state index contributed by atoms with van der Waals surface area (Å²) in [5, 5.41) is 0. The third-order valence-electron chi connectivity index (χ3n) is 4.87. The van der Waals surface area contributed by atoms with Gasteiger partial charge < -0.3 is 4.74 Å². The Morgan fingerprint density at radius 1 is 1.30 bits per heavy atom. The fraction of sp³-hybridized carbons (Fsp3) is 0.647. The van der Waals surface area contributed by atoms with E-state index in [-0.39, 0.29) is 29.7 Å². The highest BCUT2D eigenvalue weighted by Crippen LogP contribution is 2.46. The van der Waals surface area contributed by atoms with Crippen LogP contribution in [0.25, 0.3) is 0 Å². The normalized spacial score (nSPS) is 33.7. The van der Waals surface area contributed by atoms with Crippen molar-refractivity contribution in [2.24, 2.45) is 17.8 Å². The van der Waals surface area contributed by atoms with Crippen molar-refractivity contribution in [3.05, 3.63) is 23.3 Å². The molecule has 0 amide bonds. The van der Waals surface area contributed by atoms with Crippen LogP contribution in [0.3, 0.4) is 0 Å². The number of ether oxygens (including phenoxy) is 1. The maximum Gasteiger partial charge on any atom is 0.303 e. The molecule has 20 heavy (non-hydrogen) atoms. The predicted molar refractivity (Wildman–Crippen MR) is 78.1 cm³/mol. The Kier molecular flexibility index (Phi) is 4.17. The third-order valence-corrected chi connectivity index (χ3v) is 4.87. The number of rotatable bonds is 2. The molecular formula is C17H24O3. The molecule has 110 valence electrons. The van der Waals surface area contributed by atoms with E-state index in [9.17, 15) is 9.59 Å². The first-order chi connectivity index (χ1) is 9.32. The highest BCUT2D eigenvalue weighted by Gasteiger charge is 2.44. The summed E-state index contributed by atoms with van der Waals surface area (Å²) >= 11 is 0. The molecule has 4 atom stereocenters. The molecule has 0 bridgehead atoms. The molecule has 0 aliphatic heterocycles. The summed E-state index contributed by atoms with van der Waals surface area (Å²) in [6.45, 7) is 11.6. The average Bonchev–Trinajstić information content (AvgIpc) is 2.56. The first kappa shape index (κ1) is 15.0. The Morgan fingerprint density at radius 3 is 2.50 bits per heavy atom. The molecule has 0 saturated heterocycles. The first-order valence-corrected chi connectivity index (χ1v) is 7.39. The maximum absolute atomic E-state index is 12.1. The summed E-state index contributed by atoms with van der Waals surface area (Å²) < 4.78 is 5.62. The summed E-state index contributed by atoms with van der Waals surface area (Å²) in [4.78, 5) is 23.6. The third kappa shape index (κ3) is 2.58. The van der Waals surface area contributed by atoms with Gasteiger partial charge in [0, 0.05) is 19.3 Å². The molecule has 0 aromatic carbocycles. The summed E-state index contributed by atoms with van der Waals surface area (Å²) in [5.74, 6) is 0.734. The Bertz CT molecular complexity index is 486. The second kappa shape index (κ2) is 5.55. The second-order valence-corrected chi connectivity index (χ2v) is 6.35. The zero-order valence-corrected chi connectivity index (χ0v) is 12.9. The van der Waals surface area contributed by atoms with Gasteiger partial charge in [0.25, 0.3) is 0 Å². The summed E-state index contributed by atoms with van der Waals surface area (Å²) in [7, 11) is 0. The molecule has 0 spiro atoms. The molecule has 0 heterocycles. The minimum absolute atomic E-state index is 0.127. The number of hydrogen-bond acceptors (Lipinski definition) is 3. The molecule has 0 aromatic heterocycles. The number of esters is 1. The van der Waals surface area contributed by atoms with E-state index in [1.165, 1.54) is 6.92 Å². The number of ketones is 1. The Hall–Kier alpha value is -1.38. The van der Waals surface area contributed by atoms with Gasteiger partial charge in [-0.25, -0.2) is 0 Å². The van der Waals surface area contributed by atoms with Crippen molar-refractivity contribution >= 4 is 11.8 Å². The second-order valence-electron chi connectivity index (χ2n) is 6.35. The Morgan fingerprint density at radius 2 is 1.95 bits per heavy atom. The Labute approximate surface area is 121 Å². The van der Waals surface area contributed by atoms with E-state index >= 15 is 0 Å². The summed E-state index contributed by atoms with van der Waals surface area (Å²) in [5.41, 5.74) is 2.90. The van der Waals surface area contributed by atoms with Gasteiger partial charge in [-0.3, -0.25) is 9.59 Å². The number of carbonyl (C=O) groups is 2. The van der Waals surface area contributed by atoms with E-state index in [1.807, 2.05) is 13.8 Å². The van der Waals surface area contributed by atoms with E-state index in [0.717, 1.165) is 29.6 Å². The van der Waals surface area contributed by atoms with E-state index in [2.05, 4.69) is 13.5 Å². The number of allylic oxidation sites excluding steroid dienone is 1. The lowest BCUT2D eigenvalue weighted by Crippen LogP contribution is -2.30.